The molecule has 0 unspecified atom stereocenters. The van der Waals surface area contributed by atoms with Gasteiger partial charge in [0.1, 0.15) is 13.2 Å². The molecule has 6 heteroatoms. The minimum Gasteiger partial charge on any atom is -0.461 e. The number of benzene rings is 2. The molecule has 0 bridgehead atoms. The summed E-state index contributed by atoms with van der Waals surface area (Å²) in [6, 6.07) is 16.2. The number of carbonyl (C=O) groups is 2. The number of hydrogen-bond acceptors (Lipinski definition) is 6. The van der Waals surface area contributed by atoms with E-state index >= 15 is 0 Å². The molecule has 0 aliphatic rings. The van der Waals surface area contributed by atoms with Gasteiger partial charge in [-0.15, -0.1) is 0 Å². The molecule has 2 aromatic carbocycles. The first-order chi connectivity index (χ1) is 24.5. The van der Waals surface area contributed by atoms with Gasteiger partial charge in [-0.3, -0.25) is 9.59 Å². The van der Waals surface area contributed by atoms with Crippen LogP contribution in [0, 0.1) is 0 Å². The SMILES string of the molecule is CCCCCCCN(CCCCC)CCC(=O)OCc1ccccc1-c1ccccc1COC(=O)CCN(CCCCC)CCCCCCC. The van der Waals surface area contributed by atoms with Gasteiger partial charge < -0.3 is 19.3 Å². The van der Waals surface area contributed by atoms with Crippen molar-refractivity contribution in [3.8, 4) is 11.1 Å². The van der Waals surface area contributed by atoms with Gasteiger partial charge in [0.2, 0.25) is 0 Å². The maximum atomic E-state index is 12.9. The molecule has 6 nitrogen and oxygen atoms in total. The molecule has 2 rings (SSSR count). The van der Waals surface area contributed by atoms with Crippen molar-refractivity contribution >= 4 is 11.9 Å². The molecule has 0 N–H and O–H groups in total. The standard InChI is InChI=1S/C44H72N2O4/c1-5-9-13-15-23-33-45(31-21-11-7-3)35-29-43(47)49-37-39-25-17-19-27-41(39)42-28-20-18-26-40(42)38-50-44(48)30-36-46(32-22-12-8-4)34-24-16-14-10-6-2/h17-20,25-28H,5-16,21-24,29-38H2,1-4H3. The Kier molecular flexibility index (Phi) is 25.2. The van der Waals surface area contributed by atoms with E-state index in [0.717, 1.165) is 61.5 Å². The van der Waals surface area contributed by atoms with Crippen molar-refractivity contribution in [3.05, 3.63) is 59.7 Å². The van der Waals surface area contributed by atoms with Crippen LogP contribution >= 0.6 is 0 Å². The number of esters is 2. The smallest absolute Gasteiger partial charge is 0.307 e. The zero-order chi connectivity index (χ0) is 36.1. The Bertz CT molecular complexity index is 1060. The Morgan fingerprint density at radius 1 is 0.440 bits per heavy atom. The fraction of sp³-hybridized carbons (Fsp3) is 0.682. The van der Waals surface area contributed by atoms with E-state index in [4.69, 9.17) is 9.47 Å². The van der Waals surface area contributed by atoms with Crippen molar-refractivity contribution in [2.24, 2.45) is 0 Å². The Morgan fingerprint density at radius 2 is 0.760 bits per heavy atom. The molecule has 0 saturated heterocycles. The van der Waals surface area contributed by atoms with E-state index in [1.165, 1.54) is 103 Å². The van der Waals surface area contributed by atoms with Gasteiger partial charge in [0.15, 0.2) is 0 Å². The third-order valence-electron chi connectivity index (χ3n) is 9.68. The van der Waals surface area contributed by atoms with Gasteiger partial charge in [-0.2, -0.15) is 0 Å². The quantitative estimate of drug-likeness (QED) is 0.0579. The molecule has 2 aromatic rings. The van der Waals surface area contributed by atoms with Crippen molar-refractivity contribution in [1.82, 2.24) is 9.80 Å². The van der Waals surface area contributed by atoms with Gasteiger partial charge in [0.25, 0.3) is 0 Å². The van der Waals surface area contributed by atoms with E-state index in [2.05, 4.69) is 49.6 Å². The first-order valence-electron chi connectivity index (χ1n) is 20.4. The van der Waals surface area contributed by atoms with Crippen LogP contribution in [0.4, 0.5) is 0 Å². The molecule has 0 saturated carbocycles. The van der Waals surface area contributed by atoms with Crippen LogP contribution in [0.3, 0.4) is 0 Å². The summed E-state index contributed by atoms with van der Waals surface area (Å²) in [6.07, 6.45) is 20.7. The number of nitrogens with zero attached hydrogens (tertiary/aromatic N) is 2. The highest BCUT2D eigenvalue weighted by Crippen LogP contribution is 2.28. The first-order valence-corrected chi connectivity index (χ1v) is 20.4. The maximum absolute atomic E-state index is 12.9. The largest absolute Gasteiger partial charge is 0.461 e. The van der Waals surface area contributed by atoms with E-state index in [-0.39, 0.29) is 25.2 Å². The summed E-state index contributed by atoms with van der Waals surface area (Å²) < 4.78 is 11.7. The van der Waals surface area contributed by atoms with Crippen LogP contribution in [0.1, 0.15) is 154 Å². The topological polar surface area (TPSA) is 59.1 Å². The molecule has 0 aliphatic carbocycles. The number of ether oxygens (including phenoxy) is 2. The first kappa shape index (κ1) is 43.5. The fourth-order valence-corrected chi connectivity index (χ4v) is 6.50. The monoisotopic (exact) mass is 693 g/mol. The Balaban J connectivity index is 1.93. The van der Waals surface area contributed by atoms with Crippen LogP contribution in [0.25, 0.3) is 11.1 Å². The normalized spacial score (nSPS) is 11.4. The van der Waals surface area contributed by atoms with E-state index in [0.29, 0.717) is 12.8 Å². The van der Waals surface area contributed by atoms with Crippen LogP contribution in [0.2, 0.25) is 0 Å². The number of rotatable bonds is 31. The third kappa shape index (κ3) is 19.6. The Hall–Kier alpha value is -2.70. The van der Waals surface area contributed by atoms with Crippen molar-refractivity contribution in [1.29, 1.82) is 0 Å². The second kappa shape index (κ2) is 28.9. The van der Waals surface area contributed by atoms with Gasteiger partial charge in [-0.25, -0.2) is 0 Å². The van der Waals surface area contributed by atoms with Crippen LogP contribution in [0.5, 0.6) is 0 Å². The van der Waals surface area contributed by atoms with Crippen LogP contribution < -0.4 is 0 Å². The molecule has 0 heterocycles. The van der Waals surface area contributed by atoms with Gasteiger partial charge in [-0.05, 0) is 74.1 Å². The molecule has 0 amide bonds. The molecule has 0 fully saturated rings. The highest BCUT2D eigenvalue weighted by molar-refractivity contribution is 5.73. The van der Waals surface area contributed by atoms with Crippen LogP contribution in [0.15, 0.2) is 48.5 Å². The molecule has 0 radical (unpaired) electrons. The maximum Gasteiger partial charge on any atom is 0.307 e. The number of hydrogen-bond donors (Lipinski definition) is 0. The van der Waals surface area contributed by atoms with Gasteiger partial charge in [-0.1, -0.05) is 153 Å². The second-order valence-corrected chi connectivity index (χ2v) is 14.1. The van der Waals surface area contributed by atoms with Crippen molar-refractivity contribution in [3.63, 3.8) is 0 Å². The highest BCUT2D eigenvalue weighted by Gasteiger charge is 2.15. The summed E-state index contributed by atoms with van der Waals surface area (Å²) in [5.41, 5.74) is 3.92. The lowest BCUT2D eigenvalue weighted by atomic mass is 9.96. The lowest BCUT2D eigenvalue weighted by Gasteiger charge is -2.22. The molecule has 0 atom stereocenters. The predicted octanol–water partition coefficient (Wildman–Crippen LogP) is 11.1. The summed E-state index contributed by atoms with van der Waals surface area (Å²) in [6.45, 7) is 15.1. The highest BCUT2D eigenvalue weighted by atomic mass is 16.5. The third-order valence-corrected chi connectivity index (χ3v) is 9.68. The van der Waals surface area contributed by atoms with Crippen LogP contribution in [-0.4, -0.2) is 61.0 Å². The molecule has 282 valence electrons. The van der Waals surface area contributed by atoms with Gasteiger partial charge >= 0.3 is 11.9 Å². The van der Waals surface area contributed by atoms with Crippen molar-refractivity contribution < 1.29 is 19.1 Å². The molecule has 0 aromatic heterocycles. The van der Waals surface area contributed by atoms with Crippen molar-refractivity contribution in [2.45, 2.75) is 156 Å². The minimum atomic E-state index is -0.154. The van der Waals surface area contributed by atoms with E-state index in [9.17, 15) is 9.59 Å². The van der Waals surface area contributed by atoms with E-state index < -0.39 is 0 Å². The minimum absolute atomic E-state index is 0.154. The average molecular weight is 693 g/mol. The lowest BCUT2D eigenvalue weighted by Crippen LogP contribution is -2.29. The summed E-state index contributed by atoms with van der Waals surface area (Å²) in [7, 11) is 0. The summed E-state index contributed by atoms with van der Waals surface area (Å²) in [4.78, 5) is 30.8. The zero-order valence-electron chi connectivity index (χ0n) is 32.5. The lowest BCUT2D eigenvalue weighted by molar-refractivity contribution is -0.146. The second-order valence-electron chi connectivity index (χ2n) is 14.1. The summed E-state index contributed by atoms with van der Waals surface area (Å²) in [5, 5.41) is 0. The summed E-state index contributed by atoms with van der Waals surface area (Å²) in [5.74, 6) is -0.309. The molecule has 0 spiro atoms. The Labute approximate surface area is 306 Å². The fourth-order valence-electron chi connectivity index (χ4n) is 6.50. The van der Waals surface area contributed by atoms with Gasteiger partial charge in [0, 0.05) is 13.1 Å². The molecule has 0 aliphatic heterocycles. The Morgan fingerprint density at radius 3 is 1.14 bits per heavy atom. The molecular weight excluding hydrogens is 620 g/mol. The number of unbranched alkanes of at least 4 members (excludes halogenated alkanes) is 12. The summed E-state index contributed by atoms with van der Waals surface area (Å²) >= 11 is 0. The van der Waals surface area contributed by atoms with E-state index in [1.54, 1.807) is 0 Å². The average Bonchev–Trinajstić information content (AvgIpc) is 3.14. The molecule has 50 heavy (non-hydrogen) atoms. The van der Waals surface area contributed by atoms with E-state index in [1.807, 2.05) is 36.4 Å². The van der Waals surface area contributed by atoms with Gasteiger partial charge in [0.05, 0.1) is 12.8 Å². The zero-order valence-corrected chi connectivity index (χ0v) is 32.5. The van der Waals surface area contributed by atoms with Crippen molar-refractivity contribution in [2.75, 3.05) is 39.3 Å². The number of carbonyl (C=O) groups excluding carboxylic acids is 2. The molecular formula is C44H72N2O4. The van der Waals surface area contributed by atoms with Crippen LogP contribution in [-0.2, 0) is 32.3 Å². The predicted molar refractivity (Wildman–Crippen MR) is 210 cm³/mol.